The molecule has 1 aliphatic carbocycles. The number of carbonyl (C=O) groups is 1. The van der Waals surface area contributed by atoms with Crippen LogP contribution in [0.2, 0.25) is 0 Å². The van der Waals surface area contributed by atoms with E-state index in [0.717, 1.165) is 41.9 Å². The molecule has 0 bridgehead atoms. The highest BCUT2D eigenvalue weighted by atomic mass is 32.1. The average molecular weight is 375 g/mol. The van der Waals surface area contributed by atoms with Crippen molar-refractivity contribution in [3.63, 3.8) is 0 Å². The van der Waals surface area contributed by atoms with Crippen molar-refractivity contribution < 1.29 is 9.53 Å². The lowest BCUT2D eigenvalue weighted by molar-refractivity contribution is 0.0601. The summed E-state index contributed by atoms with van der Waals surface area (Å²) in [6.45, 7) is 2.11. The predicted octanol–water partition coefficient (Wildman–Crippen LogP) is 4.78. The highest BCUT2D eigenvalue weighted by Gasteiger charge is 2.26. The maximum absolute atomic E-state index is 12.3. The quantitative estimate of drug-likeness (QED) is 0.595. The first kappa shape index (κ1) is 17.9. The molecule has 0 atom stereocenters. The number of para-hydroxylation sites is 1. The minimum absolute atomic E-state index is 0.293. The Morgan fingerprint density at radius 1 is 1.24 bits per heavy atom. The van der Waals surface area contributed by atoms with Crippen LogP contribution in [0.4, 0.5) is 10.7 Å². The molecule has 1 heterocycles. The molecule has 132 valence electrons. The third kappa shape index (κ3) is 3.85. The summed E-state index contributed by atoms with van der Waals surface area (Å²) in [7, 11) is 1.42. The lowest BCUT2D eigenvalue weighted by atomic mass is 9.95. The van der Waals surface area contributed by atoms with E-state index in [0.29, 0.717) is 10.7 Å². The second-order valence-corrected chi connectivity index (χ2v) is 7.51. The Bertz CT molecular complexity index is 799. The molecule has 2 aromatic rings. The maximum Gasteiger partial charge on any atom is 0.341 e. The molecule has 0 aliphatic heterocycles. The smallest absolute Gasteiger partial charge is 0.341 e. The monoisotopic (exact) mass is 374 g/mol. The summed E-state index contributed by atoms with van der Waals surface area (Å²) >= 11 is 7.10. The maximum atomic E-state index is 12.3. The Kier molecular flexibility index (Phi) is 5.71. The lowest BCUT2D eigenvalue weighted by Gasteiger charge is -2.14. The van der Waals surface area contributed by atoms with Crippen molar-refractivity contribution in [3.8, 4) is 0 Å². The summed E-state index contributed by atoms with van der Waals surface area (Å²) in [5.41, 5.74) is 3.96. The summed E-state index contributed by atoms with van der Waals surface area (Å²) in [4.78, 5) is 13.6. The van der Waals surface area contributed by atoms with Crippen molar-refractivity contribution in [2.45, 2.75) is 39.0 Å². The van der Waals surface area contributed by atoms with Crippen molar-refractivity contribution in [1.82, 2.24) is 0 Å². The fourth-order valence-corrected chi connectivity index (χ4v) is 4.74. The molecular formula is C19H22N2O2S2. The number of hydrogen-bond acceptors (Lipinski definition) is 4. The summed E-state index contributed by atoms with van der Waals surface area (Å²) in [5, 5.41) is 7.74. The molecule has 0 saturated carbocycles. The molecule has 4 nitrogen and oxygen atoms in total. The van der Waals surface area contributed by atoms with E-state index in [4.69, 9.17) is 17.0 Å². The third-order valence-electron chi connectivity index (χ3n) is 4.43. The number of methoxy groups -OCH3 is 1. The highest BCUT2D eigenvalue weighted by Crippen LogP contribution is 2.38. The van der Waals surface area contributed by atoms with Crippen LogP contribution < -0.4 is 10.6 Å². The van der Waals surface area contributed by atoms with Gasteiger partial charge in [-0.2, -0.15) is 0 Å². The van der Waals surface area contributed by atoms with Gasteiger partial charge in [0.1, 0.15) is 5.00 Å². The van der Waals surface area contributed by atoms with Gasteiger partial charge in [-0.25, -0.2) is 4.79 Å². The summed E-state index contributed by atoms with van der Waals surface area (Å²) < 4.78 is 5.00. The van der Waals surface area contributed by atoms with E-state index in [9.17, 15) is 4.79 Å². The van der Waals surface area contributed by atoms with Gasteiger partial charge < -0.3 is 15.4 Å². The van der Waals surface area contributed by atoms with Gasteiger partial charge in [-0.3, -0.25) is 0 Å². The Balaban J connectivity index is 1.83. The van der Waals surface area contributed by atoms with E-state index in [1.807, 2.05) is 18.2 Å². The molecule has 1 aromatic carbocycles. The average Bonchev–Trinajstić information content (AvgIpc) is 2.99. The van der Waals surface area contributed by atoms with E-state index in [-0.39, 0.29) is 5.97 Å². The van der Waals surface area contributed by atoms with Crippen molar-refractivity contribution in [2.24, 2.45) is 0 Å². The third-order valence-corrected chi connectivity index (χ3v) is 5.85. The second-order valence-electron chi connectivity index (χ2n) is 6.00. The van der Waals surface area contributed by atoms with E-state index in [1.165, 1.54) is 24.0 Å². The number of esters is 1. The van der Waals surface area contributed by atoms with Crippen LogP contribution in [0.25, 0.3) is 0 Å². The number of thiophene rings is 1. The molecule has 25 heavy (non-hydrogen) atoms. The number of benzene rings is 1. The Morgan fingerprint density at radius 3 is 2.76 bits per heavy atom. The van der Waals surface area contributed by atoms with Crippen LogP contribution in [0.5, 0.6) is 0 Å². The summed E-state index contributed by atoms with van der Waals surface area (Å²) in [5.74, 6) is -0.293. The molecule has 6 heteroatoms. The zero-order chi connectivity index (χ0) is 17.8. The van der Waals surface area contributed by atoms with Gasteiger partial charge in [0.25, 0.3) is 0 Å². The number of anilines is 2. The zero-order valence-electron chi connectivity index (χ0n) is 14.5. The van der Waals surface area contributed by atoms with Crippen LogP contribution in [0.1, 0.15) is 46.1 Å². The summed E-state index contributed by atoms with van der Waals surface area (Å²) in [6, 6.07) is 8.08. The molecule has 1 aromatic heterocycles. The number of nitrogens with one attached hydrogen (secondary N) is 2. The molecular weight excluding hydrogens is 352 g/mol. The van der Waals surface area contributed by atoms with E-state index in [2.05, 4.69) is 23.6 Å². The van der Waals surface area contributed by atoms with Crippen LogP contribution in [-0.4, -0.2) is 18.2 Å². The minimum Gasteiger partial charge on any atom is -0.465 e. The molecule has 3 rings (SSSR count). The topological polar surface area (TPSA) is 50.4 Å². The number of aryl methyl sites for hydroxylation is 2. The SMILES string of the molecule is CCc1ccccc1NC(=S)Nc1sc2c(c1C(=O)OC)CCCC2. The lowest BCUT2D eigenvalue weighted by Crippen LogP contribution is -2.21. The standard InChI is InChI=1S/C19H22N2O2S2/c1-3-12-8-4-6-10-14(12)20-19(24)21-17-16(18(22)23-2)13-9-5-7-11-15(13)25-17/h4,6,8,10H,3,5,7,9,11H2,1-2H3,(H2,20,21,24). The highest BCUT2D eigenvalue weighted by molar-refractivity contribution is 7.80. The van der Waals surface area contributed by atoms with Crippen LogP contribution in [0.3, 0.4) is 0 Å². The first-order chi connectivity index (χ1) is 12.1. The molecule has 0 saturated heterocycles. The molecule has 0 fully saturated rings. The molecule has 0 radical (unpaired) electrons. The molecule has 0 unspecified atom stereocenters. The van der Waals surface area contributed by atoms with Gasteiger partial charge in [0, 0.05) is 10.6 Å². The zero-order valence-corrected chi connectivity index (χ0v) is 16.1. The number of thiocarbonyl (C=S) groups is 1. The first-order valence-corrected chi connectivity index (χ1v) is 9.75. The van der Waals surface area contributed by atoms with Crippen molar-refractivity contribution in [2.75, 3.05) is 17.7 Å². The molecule has 0 spiro atoms. The molecule has 1 aliphatic rings. The Labute approximate surface area is 157 Å². The van der Waals surface area contributed by atoms with Crippen LogP contribution in [0, 0.1) is 0 Å². The van der Waals surface area contributed by atoms with Gasteiger partial charge in [-0.05, 0) is 61.5 Å². The normalized spacial score (nSPS) is 13.0. The number of hydrogen-bond donors (Lipinski definition) is 2. The molecule has 2 N–H and O–H groups in total. The van der Waals surface area contributed by atoms with Crippen molar-refractivity contribution in [3.05, 3.63) is 45.8 Å². The second kappa shape index (κ2) is 7.97. The minimum atomic E-state index is -0.293. The number of ether oxygens (including phenoxy) is 1. The summed E-state index contributed by atoms with van der Waals surface area (Å²) in [6.07, 6.45) is 5.15. The Hall–Kier alpha value is -1.92. The van der Waals surface area contributed by atoms with Gasteiger partial charge in [0.05, 0.1) is 12.7 Å². The van der Waals surface area contributed by atoms with Crippen molar-refractivity contribution in [1.29, 1.82) is 0 Å². The first-order valence-electron chi connectivity index (χ1n) is 8.52. The number of rotatable bonds is 4. The largest absolute Gasteiger partial charge is 0.465 e. The van der Waals surface area contributed by atoms with Crippen LogP contribution in [0.15, 0.2) is 24.3 Å². The Morgan fingerprint density at radius 2 is 2.00 bits per heavy atom. The fourth-order valence-electron chi connectivity index (χ4n) is 3.18. The number of fused-ring (bicyclic) bond motifs is 1. The van der Waals surface area contributed by atoms with Gasteiger partial charge in [-0.15, -0.1) is 11.3 Å². The van der Waals surface area contributed by atoms with Gasteiger partial charge in [0.2, 0.25) is 0 Å². The fraction of sp³-hybridized carbons (Fsp3) is 0.368. The van der Waals surface area contributed by atoms with E-state index in [1.54, 1.807) is 11.3 Å². The molecule has 0 amide bonds. The number of carbonyl (C=O) groups excluding carboxylic acids is 1. The van der Waals surface area contributed by atoms with E-state index < -0.39 is 0 Å². The van der Waals surface area contributed by atoms with Crippen LogP contribution in [-0.2, 0) is 24.0 Å². The van der Waals surface area contributed by atoms with Gasteiger partial charge in [0.15, 0.2) is 5.11 Å². The van der Waals surface area contributed by atoms with Crippen LogP contribution >= 0.6 is 23.6 Å². The van der Waals surface area contributed by atoms with Gasteiger partial charge >= 0.3 is 5.97 Å². The van der Waals surface area contributed by atoms with Gasteiger partial charge in [-0.1, -0.05) is 25.1 Å². The predicted molar refractivity (Wildman–Crippen MR) is 108 cm³/mol. The van der Waals surface area contributed by atoms with E-state index >= 15 is 0 Å². The van der Waals surface area contributed by atoms with Crippen molar-refractivity contribution >= 4 is 45.3 Å².